The van der Waals surface area contributed by atoms with Crippen LogP contribution in [0.15, 0.2) is 18.3 Å². The van der Waals surface area contributed by atoms with E-state index in [1.807, 2.05) is 12.3 Å². The van der Waals surface area contributed by atoms with E-state index in [1.54, 1.807) is 0 Å². The topological polar surface area (TPSA) is 22.1 Å². The normalized spacial score (nSPS) is 22.9. The molecule has 1 atom stereocenters. The first-order chi connectivity index (χ1) is 5.88. The molecule has 0 saturated carbocycles. The van der Waals surface area contributed by atoms with E-state index in [9.17, 15) is 0 Å². The molecule has 12 heavy (non-hydrogen) atoms. The van der Waals surface area contributed by atoms with Gasteiger partial charge in [-0.05, 0) is 31.4 Å². The largest absolute Gasteiger partial charge is 0.372 e. The second-order valence-corrected chi connectivity index (χ2v) is 3.21. The molecule has 2 nitrogen and oxygen atoms in total. The summed E-state index contributed by atoms with van der Waals surface area (Å²) in [5.41, 5.74) is 2.36. The highest BCUT2D eigenvalue weighted by Crippen LogP contribution is 2.28. The van der Waals surface area contributed by atoms with Gasteiger partial charge in [0.1, 0.15) is 0 Å². The number of aromatic nitrogens is 1. The van der Waals surface area contributed by atoms with Crippen LogP contribution in [0.25, 0.3) is 0 Å². The smallest absolute Gasteiger partial charge is 0.0998 e. The summed E-state index contributed by atoms with van der Waals surface area (Å²) in [6.45, 7) is 2.98. The molecule has 1 fully saturated rings. The summed E-state index contributed by atoms with van der Waals surface area (Å²) in [5, 5.41) is 0. The molecule has 64 valence electrons. The van der Waals surface area contributed by atoms with E-state index in [1.165, 1.54) is 12.0 Å². The molecule has 1 saturated heterocycles. The molecule has 1 aliphatic heterocycles. The van der Waals surface area contributed by atoms with Crippen LogP contribution in [0.5, 0.6) is 0 Å². The Morgan fingerprint density at radius 2 is 2.50 bits per heavy atom. The number of aryl methyl sites for hydroxylation is 1. The summed E-state index contributed by atoms with van der Waals surface area (Å²) >= 11 is 0. The summed E-state index contributed by atoms with van der Waals surface area (Å²) < 4.78 is 5.56. The predicted octanol–water partition coefficient (Wildman–Crippen LogP) is 2.24. The zero-order chi connectivity index (χ0) is 8.39. The van der Waals surface area contributed by atoms with Gasteiger partial charge in [0.2, 0.25) is 0 Å². The summed E-state index contributed by atoms with van der Waals surface area (Å²) in [4.78, 5) is 4.34. The first kappa shape index (κ1) is 7.74. The van der Waals surface area contributed by atoms with Crippen LogP contribution in [0.1, 0.15) is 30.2 Å². The van der Waals surface area contributed by atoms with Gasteiger partial charge in [0, 0.05) is 12.8 Å². The molecule has 0 spiro atoms. The molecule has 1 aromatic heterocycles. The van der Waals surface area contributed by atoms with Crippen LogP contribution in [0.2, 0.25) is 0 Å². The van der Waals surface area contributed by atoms with Crippen molar-refractivity contribution in [1.82, 2.24) is 4.98 Å². The standard InChI is InChI=1S/C10H13NO/c1-8-4-2-6-11-10(8)9-5-3-7-12-9/h2,4,6,9H,3,5,7H2,1H3. The van der Waals surface area contributed by atoms with Gasteiger partial charge >= 0.3 is 0 Å². The van der Waals surface area contributed by atoms with Crippen molar-refractivity contribution >= 4 is 0 Å². The van der Waals surface area contributed by atoms with E-state index in [2.05, 4.69) is 18.0 Å². The molecule has 0 N–H and O–H groups in total. The lowest BCUT2D eigenvalue weighted by Gasteiger charge is -2.10. The Morgan fingerprint density at radius 1 is 1.58 bits per heavy atom. The molecule has 0 bridgehead atoms. The lowest BCUT2D eigenvalue weighted by Crippen LogP contribution is -2.01. The Bertz CT molecular complexity index is 266. The van der Waals surface area contributed by atoms with Gasteiger partial charge in [-0.25, -0.2) is 0 Å². The second-order valence-electron chi connectivity index (χ2n) is 3.21. The maximum Gasteiger partial charge on any atom is 0.0998 e. The Balaban J connectivity index is 2.26. The monoisotopic (exact) mass is 163 g/mol. The Labute approximate surface area is 72.6 Å². The minimum absolute atomic E-state index is 0.256. The van der Waals surface area contributed by atoms with Crippen molar-refractivity contribution in [2.75, 3.05) is 6.61 Å². The third-order valence-electron chi connectivity index (χ3n) is 2.28. The van der Waals surface area contributed by atoms with E-state index in [-0.39, 0.29) is 6.10 Å². The average molecular weight is 163 g/mol. The molecular formula is C10H13NO. The maximum atomic E-state index is 5.56. The molecule has 2 heterocycles. The number of hydrogen-bond donors (Lipinski definition) is 0. The lowest BCUT2D eigenvalue weighted by molar-refractivity contribution is 0.108. The zero-order valence-corrected chi connectivity index (χ0v) is 7.29. The molecule has 2 rings (SSSR count). The highest BCUT2D eigenvalue weighted by atomic mass is 16.5. The zero-order valence-electron chi connectivity index (χ0n) is 7.29. The summed E-state index contributed by atoms with van der Waals surface area (Å²) in [6, 6.07) is 4.05. The van der Waals surface area contributed by atoms with Crippen molar-refractivity contribution < 1.29 is 4.74 Å². The fraction of sp³-hybridized carbons (Fsp3) is 0.500. The molecular weight excluding hydrogens is 150 g/mol. The minimum atomic E-state index is 0.256. The molecule has 0 amide bonds. The van der Waals surface area contributed by atoms with Crippen LogP contribution in [-0.2, 0) is 4.74 Å². The predicted molar refractivity (Wildman–Crippen MR) is 46.9 cm³/mol. The molecule has 0 radical (unpaired) electrons. The van der Waals surface area contributed by atoms with Gasteiger partial charge in [0.25, 0.3) is 0 Å². The van der Waals surface area contributed by atoms with E-state index in [0.29, 0.717) is 0 Å². The van der Waals surface area contributed by atoms with Gasteiger partial charge in [0.05, 0.1) is 11.8 Å². The highest BCUT2D eigenvalue weighted by Gasteiger charge is 2.19. The number of rotatable bonds is 1. The molecule has 1 aliphatic rings. The number of pyridine rings is 1. The van der Waals surface area contributed by atoms with Crippen LogP contribution in [-0.4, -0.2) is 11.6 Å². The van der Waals surface area contributed by atoms with E-state index in [4.69, 9.17) is 4.74 Å². The average Bonchev–Trinajstić information content (AvgIpc) is 2.57. The first-order valence-electron chi connectivity index (χ1n) is 4.41. The van der Waals surface area contributed by atoms with Crippen LogP contribution >= 0.6 is 0 Å². The SMILES string of the molecule is Cc1cccnc1C1CCCO1. The highest BCUT2D eigenvalue weighted by molar-refractivity contribution is 5.20. The van der Waals surface area contributed by atoms with Gasteiger partial charge < -0.3 is 4.74 Å². The number of nitrogens with zero attached hydrogens (tertiary/aromatic N) is 1. The van der Waals surface area contributed by atoms with E-state index >= 15 is 0 Å². The van der Waals surface area contributed by atoms with Crippen LogP contribution in [0.4, 0.5) is 0 Å². The molecule has 0 aliphatic carbocycles. The fourth-order valence-corrected chi connectivity index (χ4v) is 1.63. The molecule has 1 unspecified atom stereocenters. The third kappa shape index (κ3) is 1.34. The molecule has 0 aromatic carbocycles. The summed E-state index contributed by atoms with van der Waals surface area (Å²) in [7, 11) is 0. The Morgan fingerprint density at radius 3 is 3.17 bits per heavy atom. The van der Waals surface area contributed by atoms with Crippen LogP contribution in [0.3, 0.4) is 0 Å². The van der Waals surface area contributed by atoms with Gasteiger partial charge in [-0.2, -0.15) is 0 Å². The van der Waals surface area contributed by atoms with Crippen molar-refractivity contribution in [2.24, 2.45) is 0 Å². The lowest BCUT2D eigenvalue weighted by atomic mass is 10.1. The van der Waals surface area contributed by atoms with Crippen molar-refractivity contribution in [1.29, 1.82) is 0 Å². The fourth-order valence-electron chi connectivity index (χ4n) is 1.63. The minimum Gasteiger partial charge on any atom is -0.372 e. The van der Waals surface area contributed by atoms with Gasteiger partial charge in [0.15, 0.2) is 0 Å². The van der Waals surface area contributed by atoms with E-state index < -0.39 is 0 Å². The van der Waals surface area contributed by atoms with Crippen molar-refractivity contribution in [3.63, 3.8) is 0 Å². The van der Waals surface area contributed by atoms with Crippen molar-refractivity contribution in [2.45, 2.75) is 25.9 Å². The Kier molecular flexibility index (Phi) is 2.09. The third-order valence-corrected chi connectivity index (χ3v) is 2.28. The second kappa shape index (κ2) is 3.23. The van der Waals surface area contributed by atoms with Gasteiger partial charge in [-0.3, -0.25) is 4.98 Å². The Hall–Kier alpha value is -0.890. The van der Waals surface area contributed by atoms with Gasteiger partial charge in [-0.1, -0.05) is 6.07 Å². The first-order valence-corrected chi connectivity index (χ1v) is 4.41. The summed E-state index contributed by atoms with van der Waals surface area (Å²) in [5.74, 6) is 0. The van der Waals surface area contributed by atoms with Gasteiger partial charge in [-0.15, -0.1) is 0 Å². The number of ether oxygens (including phenoxy) is 1. The van der Waals surface area contributed by atoms with Crippen molar-refractivity contribution in [3.8, 4) is 0 Å². The summed E-state index contributed by atoms with van der Waals surface area (Å²) in [6.07, 6.45) is 4.38. The quantitative estimate of drug-likeness (QED) is 0.633. The van der Waals surface area contributed by atoms with Crippen molar-refractivity contribution in [3.05, 3.63) is 29.6 Å². The molecule has 1 aromatic rings. The molecule has 2 heteroatoms. The maximum absolute atomic E-state index is 5.56. The van der Waals surface area contributed by atoms with E-state index in [0.717, 1.165) is 18.7 Å². The number of hydrogen-bond acceptors (Lipinski definition) is 2. The van der Waals surface area contributed by atoms with Crippen LogP contribution in [0, 0.1) is 6.92 Å². The van der Waals surface area contributed by atoms with Crippen LogP contribution < -0.4 is 0 Å².